The maximum Gasteiger partial charge on any atom is 0.246 e. The summed E-state index contributed by atoms with van der Waals surface area (Å²) in [6, 6.07) is 5.34. The lowest BCUT2D eigenvalue weighted by atomic mass is 10.0. The number of aromatic nitrogens is 3. The van der Waals surface area contributed by atoms with E-state index in [1.165, 1.54) is 0 Å². The van der Waals surface area contributed by atoms with Crippen LogP contribution in [0.3, 0.4) is 0 Å². The van der Waals surface area contributed by atoms with Gasteiger partial charge in [-0.25, -0.2) is 8.42 Å². The fourth-order valence-corrected chi connectivity index (χ4v) is 5.48. The highest BCUT2D eigenvalue weighted by molar-refractivity contribution is 7.89. The van der Waals surface area contributed by atoms with Gasteiger partial charge >= 0.3 is 0 Å². The van der Waals surface area contributed by atoms with Crippen LogP contribution in [-0.4, -0.2) is 40.7 Å². The van der Waals surface area contributed by atoms with Gasteiger partial charge in [0.15, 0.2) is 5.76 Å². The molecular weight excluding hydrogens is 380 g/mol. The molecule has 0 unspecified atom stereocenters. The minimum Gasteiger partial charge on any atom is -0.461 e. The van der Waals surface area contributed by atoms with Crippen molar-refractivity contribution in [2.45, 2.75) is 45.1 Å². The van der Waals surface area contributed by atoms with Gasteiger partial charge in [-0.3, -0.25) is 4.68 Å². The molecule has 0 aliphatic carbocycles. The number of furan rings is 1. The Labute approximate surface area is 164 Å². The molecule has 0 amide bonds. The largest absolute Gasteiger partial charge is 0.461 e. The van der Waals surface area contributed by atoms with Gasteiger partial charge < -0.3 is 8.94 Å². The molecule has 1 aliphatic heterocycles. The Balaban J connectivity index is 1.59. The summed E-state index contributed by atoms with van der Waals surface area (Å²) in [5, 5.41) is 8.51. The smallest absolute Gasteiger partial charge is 0.246 e. The summed E-state index contributed by atoms with van der Waals surface area (Å²) in [7, 11) is -3.56. The van der Waals surface area contributed by atoms with E-state index in [9.17, 15) is 8.42 Å². The predicted molar refractivity (Wildman–Crippen MR) is 102 cm³/mol. The van der Waals surface area contributed by atoms with Gasteiger partial charge in [-0.15, -0.1) is 0 Å². The zero-order valence-electron chi connectivity index (χ0n) is 16.3. The molecule has 28 heavy (non-hydrogen) atoms. The second-order valence-electron chi connectivity index (χ2n) is 7.40. The van der Waals surface area contributed by atoms with Crippen molar-refractivity contribution >= 4 is 10.0 Å². The lowest BCUT2D eigenvalue weighted by Crippen LogP contribution is -2.38. The molecule has 1 saturated heterocycles. The highest BCUT2D eigenvalue weighted by Crippen LogP contribution is 2.28. The zero-order chi connectivity index (χ0) is 19.9. The van der Waals surface area contributed by atoms with Crippen LogP contribution >= 0.6 is 0 Å². The Kier molecular flexibility index (Phi) is 4.88. The molecule has 8 nitrogen and oxygen atoms in total. The Bertz CT molecular complexity index is 1060. The van der Waals surface area contributed by atoms with Gasteiger partial charge in [0, 0.05) is 19.2 Å². The van der Waals surface area contributed by atoms with Crippen molar-refractivity contribution in [2.75, 3.05) is 13.1 Å². The molecule has 9 heteroatoms. The minimum absolute atomic E-state index is 0.303. The molecule has 4 rings (SSSR count). The maximum atomic E-state index is 13.2. The number of hydrogen-bond acceptors (Lipinski definition) is 6. The van der Waals surface area contributed by atoms with Crippen molar-refractivity contribution in [1.82, 2.24) is 19.2 Å². The van der Waals surface area contributed by atoms with Crippen molar-refractivity contribution in [3.05, 3.63) is 41.5 Å². The predicted octanol–water partition coefficient (Wildman–Crippen LogP) is 3.22. The Morgan fingerprint density at radius 2 is 1.96 bits per heavy atom. The number of piperidine rings is 1. The van der Waals surface area contributed by atoms with Crippen molar-refractivity contribution in [3.63, 3.8) is 0 Å². The monoisotopic (exact) mass is 404 g/mol. The van der Waals surface area contributed by atoms with Crippen LogP contribution in [0, 0.1) is 19.8 Å². The average molecular weight is 404 g/mol. The van der Waals surface area contributed by atoms with Crippen LogP contribution in [0.4, 0.5) is 0 Å². The second-order valence-corrected chi connectivity index (χ2v) is 9.28. The molecular formula is C19H24N4O4S. The molecule has 0 atom stereocenters. The Morgan fingerprint density at radius 1 is 1.21 bits per heavy atom. The van der Waals surface area contributed by atoms with Gasteiger partial charge in [-0.2, -0.15) is 9.40 Å². The third-order valence-electron chi connectivity index (χ3n) is 5.29. The normalized spacial score (nSPS) is 16.7. The summed E-state index contributed by atoms with van der Waals surface area (Å²) < 4.78 is 40.2. The third-order valence-corrected chi connectivity index (χ3v) is 7.44. The molecule has 0 bridgehead atoms. The first-order chi connectivity index (χ1) is 13.4. The molecule has 0 radical (unpaired) electrons. The van der Waals surface area contributed by atoms with Crippen molar-refractivity contribution in [3.8, 4) is 11.5 Å². The second kappa shape index (κ2) is 7.21. The van der Waals surface area contributed by atoms with E-state index in [0.717, 1.165) is 12.8 Å². The first kappa shape index (κ1) is 18.9. The molecule has 3 aromatic rings. The molecule has 0 saturated carbocycles. The fourth-order valence-electron chi connectivity index (χ4n) is 3.64. The maximum absolute atomic E-state index is 13.2. The Morgan fingerprint density at radius 3 is 2.64 bits per heavy atom. The van der Waals surface area contributed by atoms with E-state index in [1.807, 2.05) is 0 Å². The van der Waals surface area contributed by atoms with Crippen molar-refractivity contribution < 1.29 is 17.4 Å². The van der Waals surface area contributed by atoms with Crippen LogP contribution in [0.5, 0.6) is 0 Å². The summed E-state index contributed by atoms with van der Waals surface area (Å²) >= 11 is 0. The number of hydrogen-bond donors (Lipinski definition) is 0. The summed E-state index contributed by atoms with van der Waals surface area (Å²) in [5.41, 5.74) is 1.76. The van der Waals surface area contributed by atoms with E-state index in [0.29, 0.717) is 59.0 Å². The summed E-state index contributed by atoms with van der Waals surface area (Å²) in [6.45, 7) is 7.12. The quantitative estimate of drug-likeness (QED) is 0.648. The highest BCUT2D eigenvalue weighted by Gasteiger charge is 2.33. The SMILES string of the molecule is Cc1nn(Cc2cc(-c3ccco3)on2)c(C)c1S(=O)(=O)N1CCC(C)CC1. The van der Waals surface area contributed by atoms with Crippen LogP contribution in [0.15, 0.2) is 38.3 Å². The van der Waals surface area contributed by atoms with E-state index in [2.05, 4.69) is 17.2 Å². The fraction of sp³-hybridized carbons (Fsp3) is 0.474. The van der Waals surface area contributed by atoms with Crippen LogP contribution in [0.25, 0.3) is 11.5 Å². The van der Waals surface area contributed by atoms with Crippen LogP contribution in [0.2, 0.25) is 0 Å². The van der Waals surface area contributed by atoms with Crippen molar-refractivity contribution in [1.29, 1.82) is 0 Å². The van der Waals surface area contributed by atoms with E-state index in [4.69, 9.17) is 8.94 Å². The van der Waals surface area contributed by atoms with Crippen molar-refractivity contribution in [2.24, 2.45) is 5.92 Å². The molecule has 1 fully saturated rings. The molecule has 1 aliphatic rings. The summed E-state index contributed by atoms with van der Waals surface area (Å²) in [6.07, 6.45) is 3.34. The summed E-state index contributed by atoms with van der Waals surface area (Å²) in [5.74, 6) is 1.68. The minimum atomic E-state index is -3.56. The first-order valence-electron chi connectivity index (χ1n) is 9.40. The van der Waals surface area contributed by atoms with Gasteiger partial charge in [0.25, 0.3) is 0 Å². The molecule has 150 valence electrons. The topological polar surface area (TPSA) is 94.4 Å². The van der Waals surface area contributed by atoms with Gasteiger partial charge in [-0.1, -0.05) is 12.1 Å². The number of nitrogens with zero attached hydrogens (tertiary/aromatic N) is 4. The van der Waals surface area contributed by atoms with Gasteiger partial charge in [0.2, 0.25) is 15.8 Å². The lowest BCUT2D eigenvalue weighted by molar-refractivity contribution is 0.288. The average Bonchev–Trinajstić information content (AvgIpc) is 3.37. The standard InChI is InChI=1S/C19H24N4O4S/c1-13-6-8-22(9-7-13)28(24,25)19-14(2)20-23(15(19)3)12-16-11-18(27-21-16)17-5-4-10-26-17/h4-5,10-11,13H,6-9,12H2,1-3H3. The molecule has 0 N–H and O–H groups in total. The van der Waals surface area contributed by atoms with E-state index >= 15 is 0 Å². The molecule has 0 spiro atoms. The van der Waals surface area contributed by atoms with Crippen LogP contribution in [-0.2, 0) is 16.6 Å². The van der Waals surface area contributed by atoms with E-state index in [-0.39, 0.29) is 0 Å². The zero-order valence-corrected chi connectivity index (χ0v) is 17.1. The Hall–Kier alpha value is -2.39. The van der Waals surface area contributed by atoms with Gasteiger partial charge in [-0.05, 0) is 44.7 Å². The molecule has 0 aromatic carbocycles. The number of sulfonamides is 1. The molecule has 3 aromatic heterocycles. The number of rotatable bonds is 5. The van der Waals surface area contributed by atoms with E-state index in [1.54, 1.807) is 47.3 Å². The number of aryl methyl sites for hydroxylation is 1. The van der Waals surface area contributed by atoms with Gasteiger partial charge in [0.05, 0.1) is 24.2 Å². The van der Waals surface area contributed by atoms with Crippen LogP contribution in [0.1, 0.15) is 36.8 Å². The summed E-state index contributed by atoms with van der Waals surface area (Å²) in [4.78, 5) is 0.303. The lowest BCUT2D eigenvalue weighted by Gasteiger charge is -2.29. The third kappa shape index (κ3) is 3.40. The van der Waals surface area contributed by atoms with Gasteiger partial charge in [0.1, 0.15) is 10.6 Å². The highest BCUT2D eigenvalue weighted by atomic mass is 32.2. The first-order valence-corrected chi connectivity index (χ1v) is 10.8. The molecule has 4 heterocycles. The van der Waals surface area contributed by atoms with Crippen LogP contribution < -0.4 is 0 Å². The van der Waals surface area contributed by atoms with E-state index < -0.39 is 10.0 Å².